The fourth-order valence-electron chi connectivity index (χ4n) is 2.35. The van der Waals surface area contributed by atoms with E-state index in [1.165, 1.54) is 24.3 Å². The number of H-pyrrole nitrogens is 1. The number of benzene rings is 2. The number of fused-ring (bicyclic) bond motifs is 1. The fraction of sp³-hybridized carbons (Fsp3) is 0.118. The summed E-state index contributed by atoms with van der Waals surface area (Å²) in [5, 5.41) is 3.49. The molecule has 1 amide bonds. The lowest BCUT2D eigenvalue weighted by molar-refractivity contribution is 0.0956. The molecule has 2 N–H and O–H groups in total. The molecule has 1 aromatic heterocycles. The van der Waals surface area contributed by atoms with Gasteiger partial charge in [-0.1, -0.05) is 12.1 Å². The van der Waals surface area contributed by atoms with Crippen LogP contribution in [0.15, 0.2) is 48.7 Å². The van der Waals surface area contributed by atoms with Gasteiger partial charge in [-0.25, -0.2) is 8.78 Å². The van der Waals surface area contributed by atoms with Crippen LogP contribution >= 0.6 is 0 Å². The molecule has 5 heteroatoms. The number of aromatic amines is 1. The summed E-state index contributed by atoms with van der Waals surface area (Å²) in [4.78, 5) is 15.0. The molecule has 0 spiro atoms. The second-order valence-corrected chi connectivity index (χ2v) is 5.02. The van der Waals surface area contributed by atoms with Crippen LogP contribution in [-0.4, -0.2) is 17.4 Å². The van der Waals surface area contributed by atoms with E-state index in [-0.39, 0.29) is 17.5 Å². The summed E-state index contributed by atoms with van der Waals surface area (Å²) in [6, 6.07) is 10.4. The minimum atomic E-state index is -0.349. The summed E-state index contributed by atoms with van der Waals surface area (Å²) in [5.41, 5.74) is 2.01. The normalized spacial score (nSPS) is 10.8. The second-order valence-electron chi connectivity index (χ2n) is 5.02. The third kappa shape index (κ3) is 2.98. The molecular formula is C17H14F2N2O. The summed E-state index contributed by atoms with van der Waals surface area (Å²) < 4.78 is 25.9. The van der Waals surface area contributed by atoms with E-state index >= 15 is 0 Å². The van der Waals surface area contributed by atoms with Crippen molar-refractivity contribution >= 4 is 16.8 Å². The van der Waals surface area contributed by atoms with E-state index in [0.717, 1.165) is 5.56 Å². The number of rotatable bonds is 4. The van der Waals surface area contributed by atoms with E-state index in [0.29, 0.717) is 29.4 Å². The summed E-state index contributed by atoms with van der Waals surface area (Å²) in [6.45, 7) is 0.443. The minimum absolute atomic E-state index is 0.222. The first-order valence-corrected chi connectivity index (χ1v) is 6.93. The van der Waals surface area contributed by atoms with Crippen molar-refractivity contribution in [1.82, 2.24) is 10.3 Å². The number of hydrogen-bond donors (Lipinski definition) is 2. The van der Waals surface area contributed by atoms with Gasteiger partial charge >= 0.3 is 0 Å². The fourth-order valence-corrected chi connectivity index (χ4v) is 2.35. The molecule has 0 saturated carbocycles. The number of carbonyl (C=O) groups is 1. The van der Waals surface area contributed by atoms with E-state index in [9.17, 15) is 13.6 Å². The molecule has 0 aliphatic rings. The van der Waals surface area contributed by atoms with Crippen LogP contribution in [0.1, 0.15) is 15.9 Å². The number of carbonyl (C=O) groups excluding carboxylic acids is 1. The first-order chi connectivity index (χ1) is 10.6. The highest BCUT2D eigenvalue weighted by molar-refractivity contribution is 6.06. The van der Waals surface area contributed by atoms with Gasteiger partial charge in [-0.3, -0.25) is 4.79 Å². The zero-order valence-electron chi connectivity index (χ0n) is 11.7. The molecule has 0 radical (unpaired) electrons. The van der Waals surface area contributed by atoms with Crippen molar-refractivity contribution in [2.45, 2.75) is 6.42 Å². The average Bonchev–Trinajstić information content (AvgIpc) is 2.92. The van der Waals surface area contributed by atoms with Gasteiger partial charge in [0.2, 0.25) is 0 Å². The van der Waals surface area contributed by atoms with Crippen LogP contribution in [0.2, 0.25) is 0 Å². The number of halogens is 2. The van der Waals surface area contributed by atoms with Crippen LogP contribution in [0.25, 0.3) is 10.9 Å². The summed E-state index contributed by atoms with van der Waals surface area (Å²) in [6.07, 6.45) is 2.18. The molecule has 0 aliphatic carbocycles. The zero-order chi connectivity index (χ0) is 15.5. The number of amides is 1. The predicted octanol–water partition coefficient (Wildman–Crippen LogP) is 3.42. The Labute approximate surface area is 126 Å². The van der Waals surface area contributed by atoms with Gasteiger partial charge in [-0.2, -0.15) is 0 Å². The average molecular weight is 300 g/mol. The maximum absolute atomic E-state index is 13.1. The molecule has 0 atom stereocenters. The molecule has 0 fully saturated rings. The lowest BCUT2D eigenvalue weighted by Crippen LogP contribution is -2.25. The highest BCUT2D eigenvalue weighted by Crippen LogP contribution is 2.19. The van der Waals surface area contributed by atoms with Crippen LogP contribution in [0.3, 0.4) is 0 Å². The molecule has 22 heavy (non-hydrogen) atoms. The first-order valence-electron chi connectivity index (χ1n) is 6.93. The second kappa shape index (κ2) is 5.97. The smallest absolute Gasteiger partial charge is 0.253 e. The molecule has 3 nitrogen and oxygen atoms in total. The standard InChI is InChI=1S/C17H14F2N2O/c18-12-3-1-11(2-4-12)7-8-20-17(22)15-10-21-16-9-13(19)5-6-14(15)16/h1-6,9-10,21H,7-8H2,(H,20,22). The summed E-state index contributed by atoms with van der Waals surface area (Å²) in [5.74, 6) is -0.851. The minimum Gasteiger partial charge on any atom is -0.360 e. The van der Waals surface area contributed by atoms with Gasteiger partial charge in [-0.15, -0.1) is 0 Å². The maximum Gasteiger partial charge on any atom is 0.253 e. The topological polar surface area (TPSA) is 44.9 Å². The SMILES string of the molecule is O=C(NCCc1ccc(F)cc1)c1c[nH]c2cc(F)ccc12. The van der Waals surface area contributed by atoms with Gasteiger partial charge in [0, 0.05) is 23.6 Å². The highest BCUT2D eigenvalue weighted by Gasteiger charge is 2.11. The van der Waals surface area contributed by atoms with E-state index in [1.54, 1.807) is 24.4 Å². The van der Waals surface area contributed by atoms with E-state index < -0.39 is 0 Å². The van der Waals surface area contributed by atoms with Crippen LogP contribution in [-0.2, 0) is 6.42 Å². The van der Waals surface area contributed by atoms with Gasteiger partial charge in [-0.05, 0) is 42.3 Å². The summed E-state index contributed by atoms with van der Waals surface area (Å²) in [7, 11) is 0. The monoisotopic (exact) mass is 300 g/mol. The molecule has 112 valence electrons. The number of aromatic nitrogens is 1. The number of hydrogen-bond acceptors (Lipinski definition) is 1. The van der Waals surface area contributed by atoms with Gasteiger partial charge in [0.05, 0.1) is 5.56 Å². The van der Waals surface area contributed by atoms with Crippen molar-refractivity contribution in [3.8, 4) is 0 Å². The molecule has 1 heterocycles. The molecule has 0 bridgehead atoms. The van der Waals surface area contributed by atoms with Crippen LogP contribution in [0.5, 0.6) is 0 Å². The molecule has 3 rings (SSSR count). The van der Waals surface area contributed by atoms with Crippen molar-refractivity contribution in [3.05, 3.63) is 71.4 Å². The van der Waals surface area contributed by atoms with Crippen LogP contribution < -0.4 is 5.32 Å². The van der Waals surface area contributed by atoms with E-state index in [1.807, 2.05) is 0 Å². The Kier molecular flexibility index (Phi) is 3.87. The lowest BCUT2D eigenvalue weighted by Gasteiger charge is -2.05. The van der Waals surface area contributed by atoms with Gasteiger partial charge in [0.15, 0.2) is 0 Å². The first kappa shape index (κ1) is 14.3. The number of nitrogens with one attached hydrogen (secondary N) is 2. The molecule has 0 aliphatic heterocycles. The molecule has 0 saturated heterocycles. The Bertz CT molecular complexity index is 809. The van der Waals surface area contributed by atoms with E-state index in [2.05, 4.69) is 10.3 Å². The predicted molar refractivity (Wildman–Crippen MR) is 80.7 cm³/mol. The van der Waals surface area contributed by atoms with Crippen LogP contribution in [0, 0.1) is 11.6 Å². The van der Waals surface area contributed by atoms with Crippen molar-refractivity contribution in [1.29, 1.82) is 0 Å². The molecule has 0 unspecified atom stereocenters. The highest BCUT2D eigenvalue weighted by atomic mass is 19.1. The van der Waals surface area contributed by atoms with Gasteiger partial charge < -0.3 is 10.3 Å². The summed E-state index contributed by atoms with van der Waals surface area (Å²) >= 11 is 0. The Hall–Kier alpha value is -2.69. The quantitative estimate of drug-likeness (QED) is 0.762. The third-order valence-electron chi connectivity index (χ3n) is 3.50. The Morgan fingerprint density at radius 2 is 1.77 bits per heavy atom. The molecule has 2 aromatic carbocycles. The largest absolute Gasteiger partial charge is 0.360 e. The van der Waals surface area contributed by atoms with Crippen molar-refractivity contribution in [2.24, 2.45) is 0 Å². The molecular weight excluding hydrogens is 286 g/mol. The van der Waals surface area contributed by atoms with Crippen molar-refractivity contribution in [3.63, 3.8) is 0 Å². The van der Waals surface area contributed by atoms with Gasteiger partial charge in [0.25, 0.3) is 5.91 Å². The maximum atomic E-state index is 13.1. The zero-order valence-corrected chi connectivity index (χ0v) is 11.7. The third-order valence-corrected chi connectivity index (χ3v) is 3.50. The molecule has 3 aromatic rings. The van der Waals surface area contributed by atoms with Crippen LogP contribution in [0.4, 0.5) is 8.78 Å². The van der Waals surface area contributed by atoms with Crippen molar-refractivity contribution < 1.29 is 13.6 Å². The van der Waals surface area contributed by atoms with Gasteiger partial charge in [0.1, 0.15) is 11.6 Å². The lowest BCUT2D eigenvalue weighted by atomic mass is 10.1. The Morgan fingerprint density at radius 1 is 1.05 bits per heavy atom. The van der Waals surface area contributed by atoms with E-state index in [4.69, 9.17) is 0 Å². The Balaban J connectivity index is 1.65. The van der Waals surface area contributed by atoms with Crippen molar-refractivity contribution in [2.75, 3.05) is 6.54 Å². The Morgan fingerprint density at radius 3 is 2.55 bits per heavy atom.